The number of carbonyl (C=O) groups excluding carboxylic acids is 2. The Hall–Kier alpha value is -1.30. The Kier molecular flexibility index (Phi) is 7.17. The van der Waals surface area contributed by atoms with E-state index in [4.69, 9.17) is 0 Å². The summed E-state index contributed by atoms with van der Waals surface area (Å²) in [5.41, 5.74) is 0.0724. The van der Waals surface area contributed by atoms with Crippen molar-refractivity contribution in [2.75, 3.05) is 6.54 Å². The maximum Gasteiger partial charge on any atom is 0.315 e. The van der Waals surface area contributed by atoms with E-state index in [9.17, 15) is 14.7 Å². The van der Waals surface area contributed by atoms with E-state index in [1.165, 1.54) is 0 Å². The normalized spacial score (nSPS) is 37.3. The Morgan fingerprint density at radius 1 is 1.19 bits per heavy atom. The zero-order chi connectivity index (χ0) is 20.4. The second-order valence-corrected chi connectivity index (χ2v) is 9.33. The summed E-state index contributed by atoms with van der Waals surface area (Å²) in [7, 11) is 0. The van der Waals surface area contributed by atoms with Gasteiger partial charge in [0.2, 0.25) is 5.91 Å². The van der Waals surface area contributed by atoms with Crippen molar-refractivity contribution in [3.63, 3.8) is 0 Å². The number of hydrogen-bond acceptors (Lipinski definition) is 3. The van der Waals surface area contributed by atoms with Crippen LogP contribution in [0, 0.1) is 29.1 Å². The average molecular weight is 382 g/mol. The summed E-state index contributed by atoms with van der Waals surface area (Å²) in [4.78, 5) is 24.5. The van der Waals surface area contributed by atoms with E-state index in [1.807, 2.05) is 27.7 Å². The smallest absolute Gasteiger partial charge is 0.315 e. The maximum absolute atomic E-state index is 12.5. The Balaban J connectivity index is 2.14. The molecule has 0 aromatic carbocycles. The second-order valence-electron chi connectivity index (χ2n) is 9.33. The van der Waals surface area contributed by atoms with E-state index in [-0.39, 0.29) is 53.1 Å². The topological polar surface area (TPSA) is 90.5 Å². The van der Waals surface area contributed by atoms with Gasteiger partial charge < -0.3 is 21.1 Å². The fourth-order valence-corrected chi connectivity index (χ4v) is 5.49. The van der Waals surface area contributed by atoms with Crippen molar-refractivity contribution in [1.82, 2.24) is 16.0 Å². The highest BCUT2D eigenvalue weighted by Gasteiger charge is 2.53. The molecule has 7 atom stereocenters. The third kappa shape index (κ3) is 4.76. The van der Waals surface area contributed by atoms with Gasteiger partial charge in [0.25, 0.3) is 0 Å². The van der Waals surface area contributed by atoms with Crippen LogP contribution in [0.25, 0.3) is 0 Å². The highest BCUT2D eigenvalue weighted by molar-refractivity contribution is 5.79. The van der Waals surface area contributed by atoms with Crippen molar-refractivity contribution in [2.24, 2.45) is 29.1 Å². The van der Waals surface area contributed by atoms with Gasteiger partial charge in [-0.15, -0.1) is 0 Å². The first kappa shape index (κ1) is 22.0. The van der Waals surface area contributed by atoms with Crippen LogP contribution in [0.5, 0.6) is 0 Å². The molecule has 0 aliphatic heterocycles. The molecule has 0 bridgehead atoms. The predicted molar refractivity (Wildman–Crippen MR) is 107 cm³/mol. The Morgan fingerprint density at radius 2 is 1.81 bits per heavy atom. The van der Waals surface area contributed by atoms with Crippen LogP contribution in [0.15, 0.2) is 0 Å². The quantitative estimate of drug-likeness (QED) is 0.590. The van der Waals surface area contributed by atoms with Gasteiger partial charge in [-0.2, -0.15) is 0 Å². The molecule has 6 heteroatoms. The highest BCUT2D eigenvalue weighted by atomic mass is 16.3. The summed E-state index contributed by atoms with van der Waals surface area (Å²) in [6, 6.07) is 0.0255. The third-order valence-electron chi connectivity index (χ3n) is 7.03. The summed E-state index contributed by atoms with van der Waals surface area (Å²) in [6.07, 6.45) is 3.31. The molecule has 2 rings (SSSR count). The molecule has 2 saturated carbocycles. The minimum Gasteiger partial charge on any atom is -0.392 e. The Labute approximate surface area is 164 Å². The lowest BCUT2D eigenvalue weighted by atomic mass is 9.51. The Bertz CT molecular complexity index is 539. The van der Waals surface area contributed by atoms with Crippen molar-refractivity contribution in [2.45, 2.75) is 85.4 Å². The Morgan fingerprint density at radius 3 is 2.41 bits per heavy atom. The molecule has 3 amide bonds. The van der Waals surface area contributed by atoms with Crippen molar-refractivity contribution in [1.29, 1.82) is 0 Å². The van der Waals surface area contributed by atoms with E-state index in [1.54, 1.807) is 0 Å². The van der Waals surface area contributed by atoms with Crippen LogP contribution in [0.1, 0.15) is 67.2 Å². The molecule has 0 heterocycles. The van der Waals surface area contributed by atoms with Gasteiger partial charge in [0.15, 0.2) is 0 Å². The lowest BCUT2D eigenvalue weighted by Gasteiger charge is -2.56. The third-order valence-corrected chi connectivity index (χ3v) is 7.03. The fourth-order valence-electron chi connectivity index (χ4n) is 5.49. The monoisotopic (exact) mass is 381 g/mol. The van der Waals surface area contributed by atoms with Crippen LogP contribution in [0.4, 0.5) is 4.79 Å². The molecule has 156 valence electrons. The van der Waals surface area contributed by atoms with Gasteiger partial charge in [-0.05, 0) is 69.6 Å². The van der Waals surface area contributed by atoms with Crippen LogP contribution in [-0.4, -0.2) is 41.8 Å². The lowest BCUT2D eigenvalue weighted by Crippen LogP contribution is -2.59. The number of urea groups is 1. The number of amides is 3. The summed E-state index contributed by atoms with van der Waals surface area (Å²) in [6.45, 7) is 12.8. The van der Waals surface area contributed by atoms with Gasteiger partial charge in [-0.1, -0.05) is 20.8 Å². The van der Waals surface area contributed by atoms with Gasteiger partial charge in [0, 0.05) is 24.5 Å². The van der Waals surface area contributed by atoms with E-state index in [0.717, 1.165) is 25.7 Å². The molecule has 6 nitrogen and oxygen atoms in total. The maximum atomic E-state index is 12.5. The summed E-state index contributed by atoms with van der Waals surface area (Å²) in [5, 5.41) is 20.2. The SMILES string of the molecule is CCNC(=O)N[C@H]1CC[C@]2(C)CC[C@@H]([C@H](C)C(=O)NC(C)C)[C@H](O)[C@H]2[C@@H]1C. The first-order chi connectivity index (χ1) is 12.6. The van der Waals surface area contributed by atoms with Crippen LogP contribution in [0.3, 0.4) is 0 Å². The van der Waals surface area contributed by atoms with E-state index >= 15 is 0 Å². The lowest BCUT2D eigenvalue weighted by molar-refractivity contribution is -0.142. The molecule has 2 aliphatic carbocycles. The van der Waals surface area contributed by atoms with Crippen molar-refractivity contribution in [3.05, 3.63) is 0 Å². The number of fused-ring (bicyclic) bond motifs is 1. The molecular formula is C21H39N3O3. The molecule has 4 N–H and O–H groups in total. The number of rotatable bonds is 5. The van der Waals surface area contributed by atoms with Crippen molar-refractivity contribution in [3.8, 4) is 0 Å². The minimum absolute atomic E-state index is 0.0260. The van der Waals surface area contributed by atoms with Crippen LogP contribution in [0.2, 0.25) is 0 Å². The number of carbonyl (C=O) groups is 2. The van der Waals surface area contributed by atoms with Crippen LogP contribution in [-0.2, 0) is 4.79 Å². The van der Waals surface area contributed by atoms with Crippen molar-refractivity contribution >= 4 is 11.9 Å². The zero-order valence-electron chi connectivity index (χ0n) is 17.8. The zero-order valence-corrected chi connectivity index (χ0v) is 17.8. The minimum atomic E-state index is -0.523. The second kappa shape index (κ2) is 8.80. The number of nitrogens with one attached hydrogen (secondary N) is 3. The summed E-state index contributed by atoms with van der Waals surface area (Å²) >= 11 is 0. The highest BCUT2D eigenvalue weighted by Crippen LogP contribution is 2.55. The summed E-state index contributed by atoms with van der Waals surface area (Å²) < 4.78 is 0. The average Bonchev–Trinajstić information content (AvgIpc) is 2.57. The first-order valence-electron chi connectivity index (χ1n) is 10.6. The van der Waals surface area contributed by atoms with Gasteiger partial charge in [-0.3, -0.25) is 4.79 Å². The molecule has 0 spiro atoms. The summed E-state index contributed by atoms with van der Waals surface area (Å²) in [5.74, 6) is 0.0391. The van der Waals surface area contributed by atoms with Gasteiger partial charge >= 0.3 is 6.03 Å². The van der Waals surface area contributed by atoms with E-state index in [2.05, 4.69) is 29.8 Å². The number of aliphatic hydroxyl groups excluding tert-OH is 1. The molecule has 2 fully saturated rings. The fraction of sp³-hybridized carbons (Fsp3) is 0.905. The van der Waals surface area contributed by atoms with E-state index in [0.29, 0.717) is 6.54 Å². The first-order valence-corrected chi connectivity index (χ1v) is 10.6. The standard InChI is InChI=1S/C21H39N3O3/c1-7-22-20(27)24-16-9-11-21(6)10-8-15(18(25)17(21)14(16)5)13(4)19(26)23-12(2)3/h12-18,25H,7-11H2,1-6H3,(H,23,26)(H2,22,24,27)/t13-,14+,15-,16-,17+,18-,21-/m0/s1. The molecule has 2 aliphatic rings. The van der Waals surface area contributed by atoms with Crippen LogP contribution >= 0.6 is 0 Å². The molecule has 0 aromatic rings. The van der Waals surface area contributed by atoms with E-state index < -0.39 is 6.10 Å². The molecule has 0 radical (unpaired) electrons. The number of hydrogen-bond donors (Lipinski definition) is 4. The molecular weight excluding hydrogens is 342 g/mol. The molecule has 0 aromatic heterocycles. The molecule has 0 saturated heterocycles. The van der Waals surface area contributed by atoms with Gasteiger partial charge in [-0.25, -0.2) is 4.79 Å². The van der Waals surface area contributed by atoms with Crippen molar-refractivity contribution < 1.29 is 14.7 Å². The van der Waals surface area contributed by atoms with Crippen LogP contribution < -0.4 is 16.0 Å². The van der Waals surface area contributed by atoms with Gasteiger partial charge in [0.05, 0.1) is 6.10 Å². The van der Waals surface area contributed by atoms with Gasteiger partial charge in [0.1, 0.15) is 0 Å². The molecule has 27 heavy (non-hydrogen) atoms. The number of aliphatic hydroxyl groups is 1. The predicted octanol–water partition coefficient (Wildman–Crippen LogP) is 2.66. The molecule has 0 unspecified atom stereocenters. The largest absolute Gasteiger partial charge is 0.392 e.